The number of hydrogen-bond acceptors (Lipinski definition) is 1. The molecule has 2 heteroatoms. The zero-order valence-corrected chi connectivity index (χ0v) is 13.3. The maximum atomic E-state index is 13.6. The molecule has 2 aromatic rings. The van der Waals surface area contributed by atoms with Gasteiger partial charge in [-0.25, -0.2) is 4.39 Å². The van der Waals surface area contributed by atoms with Crippen LogP contribution in [0.2, 0.25) is 0 Å². The summed E-state index contributed by atoms with van der Waals surface area (Å²) < 4.78 is 13.6. The van der Waals surface area contributed by atoms with Crippen molar-refractivity contribution in [3.8, 4) is 0 Å². The van der Waals surface area contributed by atoms with E-state index in [1.54, 1.807) is 12.1 Å². The first kappa shape index (κ1) is 15.7. The van der Waals surface area contributed by atoms with E-state index in [4.69, 9.17) is 0 Å². The summed E-state index contributed by atoms with van der Waals surface area (Å²) in [7, 11) is 0. The Kier molecular flexibility index (Phi) is 5.13. The van der Waals surface area contributed by atoms with Crippen molar-refractivity contribution in [2.75, 3.05) is 6.54 Å². The second-order valence-electron chi connectivity index (χ2n) is 5.75. The molecule has 0 fully saturated rings. The summed E-state index contributed by atoms with van der Waals surface area (Å²) in [5, 5.41) is 3.60. The molecule has 0 amide bonds. The van der Waals surface area contributed by atoms with Crippen LogP contribution in [0.15, 0.2) is 36.4 Å². The normalized spacial score (nSPS) is 12.4. The van der Waals surface area contributed by atoms with Gasteiger partial charge in [0.2, 0.25) is 0 Å². The smallest absolute Gasteiger partial charge is 0.123 e. The van der Waals surface area contributed by atoms with Crippen LogP contribution in [-0.2, 0) is 0 Å². The van der Waals surface area contributed by atoms with Crippen molar-refractivity contribution in [3.05, 3.63) is 70.0 Å². The monoisotopic (exact) mass is 285 g/mol. The highest BCUT2D eigenvalue weighted by Gasteiger charge is 2.18. The van der Waals surface area contributed by atoms with E-state index in [9.17, 15) is 4.39 Å². The summed E-state index contributed by atoms with van der Waals surface area (Å²) in [6.07, 6.45) is 1.07. The Balaban J connectivity index is 2.47. The lowest BCUT2D eigenvalue weighted by Gasteiger charge is -2.24. The Labute approximate surface area is 127 Å². The van der Waals surface area contributed by atoms with Gasteiger partial charge in [0.1, 0.15) is 5.82 Å². The van der Waals surface area contributed by atoms with E-state index in [2.05, 4.69) is 43.4 Å². The van der Waals surface area contributed by atoms with Crippen LogP contribution >= 0.6 is 0 Å². The van der Waals surface area contributed by atoms with Crippen LogP contribution in [0.3, 0.4) is 0 Å². The summed E-state index contributed by atoms with van der Waals surface area (Å²) in [6.45, 7) is 9.16. The zero-order valence-electron chi connectivity index (χ0n) is 13.3. The number of benzene rings is 2. The predicted octanol–water partition coefficient (Wildman–Crippen LogP) is 4.84. The van der Waals surface area contributed by atoms with Gasteiger partial charge >= 0.3 is 0 Å². The Bertz CT molecular complexity index is 578. The second-order valence-corrected chi connectivity index (χ2v) is 5.75. The Morgan fingerprint density at radius 1 is 1.00 bits per heavy atom. The quantitative estimate of drug-likeness (QED) is 0.829. The van der Waals surface area contributed by atoms with Crippen LogP contribution in [0.1, 0.15) is 47.2 Å². The standard InChI is InChI=1S/C19H24FN/c1-5-10-21-19(16-8-6-13(2)7-9-16)18-14(3)11-17(20)12-15(18)4/h6-9,11-12,19,21H,5,10H2,1-4H3. The lowest BCUT2D eigenvalue weighted by molar-refractivity contribution is 0.586. The SMILES string of the molecule is CCCNC(c1ccc(C)cc1)c1c(C)cc(F)cc1C. The Morgan fingerprint density at radius 3 is 2.10 bits per heavy atom. The highest BCUT2D eigenvalue weighted by atomic mass is 19.1. The van der Waals surface area contributed by atoms with Crippen molar-refractivity contribution in [3.63, 3.8) is 0 Å². The molecule has 0 aliphatic carbocycles. The summed E-state index contributed by atoms with van der Waals surface area (Å²) in [5.74, 6) is -0.160. The van der Waals surface area contributed by atoms with E-state index < -0.39 is 0 Å². The van der Waals surface area contributed by atoms with Gasteiger partial charge in [-0.1, -0.05) is 36.8 Å². The first-order chi connectivity index (χ1) is 10.0. The third-order valence-corrected chi connectivity index (χ3v) is 3.86. The van der Waals surface area contributed by atoms with E-state index in [-0.39, 0.29) is 11.9 Å². The molecule has 1 atom stereocenters. The van der Waals surface area contributed by atoms with E-state index in [1.165, 1.54) is 16.7 Å². The summed E-state index contributed by atoms with van der Waals surface area (Å²) >= 11 is 0. The van der Waals surface area contributed by atoms with Gasteiger partial charge < -0.3 is 5.32 Å². The first-order valence-electron chi connectivity index (χ1n) is 7.59. The molecule has 0 aromatic heterocycles. The van der Waals surface area contributed by atoms with Crippen molar-refractivity contribution in [1.82, 2.24) is 5.32 Å². The fourth-order valence-electron chi connectivity index (χ4n) is 2.81. The Hall–Kier alpha value is -1.67. The molecule has 2 rings (SSSR count). The van der Waals surface area contributed by atoms with Gasteiger partial charge in [0.05, 0.1) is 6.04 Å². The molecule has 2 aromatic carbocycles. The Morgan fingerprint density at radius 2 is 1.57 bits per heavy atom. The number of nitrogens with one attached hydrogen (secondary N) is 1. The van der Waals surface area contributed by atoms with Crippen molar-refractivity contribution in [1.29, 1.82) is 0 Å². The van der Waals surface area contributed by atoms with E-state index in [0.717, 1.165) is 24.1 Å². The molecule has 0 saturated heterocycles. The van der Waals surface area contributed by atoms with E-state index in [0.29, 0.717) is 0 Å². The van der Waals surface area contributed by atoms with Crippen molar-refractivity contribution in [2.24, 2.45) is 0 Å². The van der Waals surface area contributed by atoms with Crippen molar-refractivity contribution < 1.29 is 4.39 Å². The molecule has 0 bridgehead atoms. The van der Waals surface area contributed by atoms with Crippen LogP contribution < -0.4 is 5.32 Å². The molecule has 0 radical (unpaired) electrons. The lowest BCUT2D eigenvalue weighted by Crippen LogP contribution is -2.24. The molecule has 1 unspecified atom stereocenters. The van der Waals surface area contributed by atoms with Crippen LogP contribution in [0.25, 0.3) is 0 Å². The van der Waals surface area contributed by atoms with Gasteiger partial charge in [0.15, 0.2) is 0 Å². The van der Waals surface area contributed by atoms with Gasteiger partial charge in [-0.2, -0.15) is 0 Å². The topological polar surface area (TPSA) is 12.0 Å². The third kappa shape index (κ3) is 3.70. The maximum Gasteiger partial charge on any atom is 0.123 e. The average molecular weight is 285 g/mol. The predicted molar refractivity (Wildman–Crippen MR) is 87.2 cm³/mol. The van der Waals surface area contributed by atoms with E-state index in [1.807, 2.05) is 13.8 Å². The van der Waals surface area contributed by atoms with Gasteiger partial charge in [-0.05, 0) is 68.1 Å². The minimum absolute atomic E-state index is 0.117. The molecule has 1 nitrogen and oxygen atoms in total. The molecule has 112 valence electrons. The summed E-state index contributed by atoms with van der Waals surface area (Å²) in [5.41, 5.74) is 5.67. The minimum atomic E-state index is -0.160. The maximum absolute atomic E-state index is 13.6. The fourth-order valence-corrected chi connectivity index (χ4v) is 2.81. The molecule has 0 saturated carbocycles. The minimum Gasteiger partial charge on any atom is -0.306 e. The van der Waals surface area contributed by atoms with Gasteiger partial charge in [0.25, 0.3) is 0 Å². The van der Waals surface area contributed by atoms with E-state index >= 15 is 0 Å². The number of halogens is 1. The van der Waals surface area contributed by atoms with Gasteiger partial charge in [-0.3, -0.25) is 0 Å². The fraction of sp³-hybridized carbons (Fsp3) is 0.368. The number of rotatable bonds is 5. The molecule has 0 spiro atoms. The van der Waals surface area contributed by atoms with Crippen molar-refractivity contribution >= 4 is 0 Å². The molecule has 1 N–H and O–H groups in total. The number of aryl methyl sites for hydroxylation is 3. The molecular formula is C19H24FN. The largest absolute Gasteiger partial charge is 0.306 e. The van der Waals surface area contributed by atoms with Crippen molar-refractivity contribution in [2.45, 2.75) is 40.2 Å². The average Bonchev–Trinajstić information content (AvgIpc) is 2.42. The second kappa shape index (κ2) is 6.86. The van der Waals surface area contributed by atoms with Crippen LogP contribution in [-0.4, -0.2) is 6.54 Å². The van der Waals surface area contributed by atoms with Crippen LogP contribution in [0.4, 0.5) is 4.39 Å². The third-order valence-electron chi connectivity index (χ3n) is 3.86. The highest BCUT2D eigenvalue weighted by Crippen LogP contribution is 2.29. The molecular weight excluding hydrogens is 261 g/mol. The summed E-state index contributed by atoms with van der Waals surface area (Å²) in [4.78, 5) is 0. The zero-order chi connectivity index (χ0) is 15.4. The lowest BCUT2D eigenvalue weighted by atomic mass is 9.90. The van der Waals surface area contributed by atoms with Crippen LogP contribution in [0, 0.1) is 26.6 Å². The summed E-state index contributed by atoms with van der Waals surface area (Å²) in [6, 6.07) is 11.9. The first-order valence-corrected chi connectivity index (χ1v) is 7.59. The van der Waals surface area contributed by atoms with Gasteiger partial charge in [-0.15, -0.1) is 0 Å². The molecule has 0 heterocycles. The number of hydrogen-bond donors (Lipinski definition) is 1. The molecule has 0 aliphatic rings. The molecule has 21 heavy (non-hydrogen) atoms. The van der Waals surface area contributed by atoms with Gasteiger partial charge in [0, 0.05) is 0 Å². The molecule has 0 aliphatic heterocycles. The highest BCUT2D eigenvalue weighted by molar-refractivity contribution is 5.42. The van der Waals surface area contributed by atoms with Crippen LogP contribution in [0.5, 0.6) is 0 Å².